The van der Waals surface area contributed by atoms with Gasteiger partial charge in [0, 0.05) is 36.6 Å². The van der Waals surface area contributed by atoms with Crippen molar-refractivity contribution in [2.45, 2.75) is 19.5 Å². The average Bonchev–Trinajstić information content (AvgIpc) is 3.33. The number of halogens is 2. The second-order valence-electron chi connectivity index (χ2n) is 6.89. The number of aromatic nitrogens is 2. The molecular formula is C20H21Cl2N5O2S. The first-order valence-corrected chi connectivity index (χ1v) is 10.4. The third kappa shape index (κ3) is 5.02. The topological polar surface area (TPSA) is 90.1 Å². The van der Waals surface area contributed by atoms with E-state index in [9.17, 15) is 9.59 Å². The SMILES string of the molecule is CN1CCc2nc(C(=O)Nc3ccccc3CNC(=O)c3ccc(Cl)[nH]3)sc2C1.Cl. The molecule has 7 nitrogen and oxygen atoms in total. The van der Waals surface area contributed by atoms with Gasteiger partial charge in [-0.1, -0.05) is 29.8 Å². The first-order valence-electron chi connectivity index (χ1n) is 9.18. The average molecular weight is 466 g/mol. The molecule has 1 aliphatic heterocycles. The normalized spacial score (nSPS) is 13.3. The van der Waals surface area contributed by atoms with E-state index in [1.165, 1.54) is 11.3 Å². The van der Waals surface area contributed by atoms with Gasteiger partial charge in [0.2, 0.25) is 0 Å². The van der Waals surface area contributed by atoms with Gasteiger partial charge >= 0.3 is 0 Å². The van der Waals surface area contributed by atoms with Crippen LogP contribution in [0, 0.1) is 0 Å². The Morgan fingerprint density at radius 3 is 2.80 bits per heavy atom. The quantitative estimate of drug-likeness (QED) is 0.535. The third-order valence-corrected chi connectivity index (χ3v) is 6.02. The van der Waals surface area contributed by atoms with Crippen molar-refractivity contribution in [3.05, 3.63) is 68.4 Å². The number of H-pyrrole nitrogens is 1. The minimum Gasteiger partial charge on any atom is -0.347 e. The second kappa shape index (κ2) is 9.61. The number of nitrogens with zero attached hydrogens (tertiary/aromatic N) is 2. The number of nitrogens with one attached hydrogen (secondary N) is 3. The van der Waals surface area contributed by atoms with Crippen LogP contribution in [0.15, 0.2) is 36.4 Å². The smallest absolute Gasteiger partial charge is 0.284 e. The summed E-state index contributed by atoms with van der Waals surface area (Å²) in [5.41, 5.74) is 2.85. The molecule has 3 aromatic rings. The molecule has 0 aliphatic carbocycles. The van der Waals surface area contributed by atoms with Crippen LogP contribution in [-0.4, -0.2) is 40.3 Å². The van der Waals surface area contributed by atoms with Crippen molar-refractivity contribution in [1.29, 1.82) is 0 Å². The van der Waals surface area contributed by atoms with Crippen molar-refractivity contribution in [3.63, 3.8) is 0 Å². The lowest BCUT2D eigenvalue weighted by atomic mass is 10.1. The molecule has 30 heavy (non-hydrogen) atoms. The van der Waals surface area contributed by atoms with E-state index < -0.39 is 0 Å². The van der Waals surface area contributed by atoms with Crippen LogP contribution in [0.3, 0.4) is 0 Å². The maximum atomic E-state index is 12.7. The summed E-state index contributed by atoms with van der Waals surface area (Å²) in [5, 5.41) is 6.62. The number of carbonyl (C=O) groups is 2. The number of benzene rings is 1. The number of anilines is 1. The van der Waals surface area contributed by atoms with Gasteiger partial charge in [-0.05, 0) is 30.8 Å². The largest absolute Gasteiger partial charge is 0.347 e. The molecule has 3 N–H and O–H groups in total. The first kappa shape index (κ1) is 22.3. The summed E-state index contributed by atoms with van der Waals surface area (Å²) in [6.07, 6.45) is 0.862. The van der Waals surface area contributed by atoms with E-state index in [1.807, 2.05) is 24.3 Å². The van der Waals surface area contributed by atoms with E-state index in [-0.39, 0.29) is 30.8 Å². The number of likely N-dealkylation sites (N-methyl/N-ethyl adjacent to an activating group) is 1. The standard InChI is InChI=1S/C20H20ClN5O2S.ClH/c1-26-9-8-14-16(11-26)29-20(25-14)19(28)24-13-5-3-2-4-12(13)10-22-18(27)15-6-7-17(21)23-15;/h2-7,23H,8-11H2,1H3,(H,22,27)(H,24,28);1H. The third-order valence-electron chi connectivity index (χ3n) is 4.72. The lowest BCUT2D eigenvalue weighted by Crippen LogP contribution is -2.25. The van der Waals surface area contributed by atoms with Crippen LogP contribution in [0.2, 0.25) is 5.15 Å². The molecule has 0 atom stereocenters. The zero-order valence-corrected chi connectivity index (χ0v) is 18.6. The van der Waals surface area contributed by atoms with Gasteiger partial charge in [0.1, 0.15) is 10.8 Å². The summed E-state index contributed by atoms with van der Waals surface area (Å²) >= 11 is 7.26. The number of aromatic amines is 1. The Hall–Kier alpha value is -2.39. The highest BCUT2D eigenvalue weighted by molar-refractivity contribution is 7.13. The van der Waals surface area contributed by atoms with Crippen molar-refractivity contribution < 1.29 is 9.59 Å². The molecule has 3 heterocycles. The van der Waals surface area contributed by atoms with Crippen LogP contribution in [0.4, 0.5) is 5.69 Å². The number of thiazole rings is 1. The Morgan fingerprint density at radius 2 is 2.03 bits per heavy atom. The fraction of sp³-hybridized carbons (Fsp3) is 0.250. The molecular weight excluding hydrogens is 445 g/mol. The molecule has 1 aromatic carbocycles. The number of para-hydroxylation sites is 1. The van der Waals surface area contributed by atoms with Crippen molar-refractivity contribution in [3.8, 4) is 0 Å². The summed E-state index contributed by atoms with van der Waals surface area (Å²) in [4.78, 5) is 35.6. The van der Waals surface area contributed by atoms with Gasteiger partial charge in [-0.15, -0.1) is 23.7 Å². The molecule has 0 spiro atoms. The predicted molar refractivity (Wildman–Crippen MR) is 121 cm³/mol. The molecule has 0 unspecified atom stereocenters. The van der Waals surface area contributed by atoms with Gasteiger partial charge in [-0.3, -0.25) is 9.59 Å². The first-order chi connectivity index (χ1) is 14.0. The van der Waals surface area contributed by atoms with Crippen molar-refractivity contribution in [2.75, 3.05) is 18.9 Å². The fourth-order valence-corrected chi connectivity index (χ4v) is 4.41. The van der Waals surface area contributed by atoms with E-state index in [1.54, 1.807) is 12.1 Å². The van der Waals surface area contributed by atoms with Crippen LogP contribution < -0.4 is 10.6 Å². The number of carbonyl (C=O) groups excluding carboxylic acids is 2. The highest BCUT2D eigenvalue weighted by Crippen LogP contribution is 2.25. The summed E-state index contributed by atoms with van der Waals surface area (Å²) < 4.78 is 0. The van der Waals surface area contributed by atoms with Crippen molar-refractivity contribution >= 4 is 52.8 Å². The fourth-order valence-electron chi connectivity index (χ4n) is 3.16. The zero-order chi connectivity index (χ0) is 20.4. The summed E-state index contributed by atoms with van der Waals surface area (Å²) in [5.74, 6) is -0.503. The van der Waals surface area contributed by atoms with Crippen molar-refractivity contribution in [2.24, 2.45) is 0 Å². The molecule has 10 heteroatoms. The predicted octanol–water partition coefficient (Wildman–Crippen LogP) is 3.72. The van der Waals surface area contributed by atoms with Crippen LogP contribution in [0.25, 0.3) is 0 Å². The second-order valence-corrected chi connectivity index (χ2v) is 8.38. The van der Waals surface area contributed by atoms with Crippen LogP contribution >= 0.6 is 35.3 Å². The molecule has 0 fully saturated rings. The number of rotatable bonds is 5. The lowest BCUT2D eigenvalue weighted by molar-refractivity contribution is 0.0946. The van der Waals surface area contributed by atoms with E-state index in [2.05, 4.69) is 32.5 Å². The Morgan fingerprint density at radius 1 is 1.23 bits per heavy atom. The zero-order valence-electron chi connectivity index (χ0n) is 16.2. The van der Waals surface area contributed by atoms with E-state index in [4.69, 9.17) is 11.6 Å². The van der Waals surface area contributed by atoms with Gasteiger partial charge in [0.25, 0.3) is 11.8 Å². The minimum atomic E-state index is -0.269. The Bertz CT molecular complexity index is 1070. The van der Waals surface area contributed by atoms with Crippen LogP contribution in [0.5, 0.6) is 0 Å². The summed E-state index contributed by atoms with van der Waals surface area (Å²) in [6, 6.07) is 10.6. The highest BCUT2D eigenvalue weighted by atomic mass is 35.5. The van der Waals surface area contributed by atoms with Gasteiger partial charge < -0.3 is 20.5 Å². The molecule has 0 saturated carbocycles. The van der Waals surface area contributed by atoms with Gasteiger partial charge in [0.05, 0.1) is 5.69 Å². The van der Waals surface area contributed by atoms with E-state index in [0.717, 1.165) is 35.6 Å². The Balaban J connectivity index is 0.00000256. The number of hydrogen-bond acceptors (Lipinski definition) is 5. The van der Waals surface area contributed by atoms with E-state index in [0.29, 0.717) is 21.5 Å². The minimum absolute atomic E-state index is 0. The van der Waals surface area contributed by atoms with Gasteiger partial charge in [-0.25, -0.2) is 4.98 Å². The van der Waals surface area contributed by atoms with Crippen LogP contribution in [-0.2, 0) is 19.5 Å². The highest BCUT2D eigenvalue weighted by Gasteiger charge is 2.22. The Labute approximate surface area is 189 Å². The molecule has 0 radical (unpaired) electrons. The molecule has 2 aromatic heterocycles. The van der Waals surface area contributed by atoms with Crippen molar-refractivity contribution in [1.82, 2.24) is 20.2 Å². The molecule has 4 rings (SSSR count). The number of fused-ring (bicyclic) bond motifs is 1. The van der Waals surface area contributed by atoms with Gasteiger partial charge in [0.15, 0.2) is 5.01 Å². The number of amides is 2. The molecule has 158 valence electrons. The molecule has 0 saturated heterocycles. The van der Waals surface area contributed by atoms with Gasteiger partial charge in [-0.2, -0.15) is 0 Å². The maximum absolute atomic E-state index is 12.7. The van der Waals surface area contributed by atoms with Crippen LogP contribution in [0.1, 0.15) is 36.4 Å². The summed E-state index contributed by atoms with van der Waals surface area (Å²) in [6.45, 7) is 2.04. The molecule has 2 amide bonds. The molecule has 0 bridgehead atoms. The number of hydrogen-bond donors (Lipinski definition) is 3. The summed E-state index contributed by atoms with van der Waals surface area (Å²) in [7, 11) is 2.06. The maximum Gasteiger partial charge on any atom is 0.284 e. The molecule has 1 aliphatic rings. The lowest BCUT2D eigenvalue weighted by Gasteiger charge is -2.20. The Kier molecular flexibility index (Phi) is 7.14. The monoisotopic (exact) mass is 465 g/mol. The van der Waals surface area contributed by atoms with E-state index >= 15 is 0 Å².